The number of nitrogens with one attached hydrogen (secondary N) is 3. The Labute approximate surface area is 168 Å². The minimum Gasteiger partial charge on any atom is -0.493 e. The van der Waals surface area contributed by atoms with Gasteiger partial charge in [-0.05, 0) is 42.5 Å². The van der Waals surface area contributed by atoms with Gasteiger partial charge in [0.25, 0.3) is 11.8 Å². The average Bonchev–Trinajstić information content (AvgIpc) is 2.75. The number of carbonyl (C=O) groups excluding carboxylic acids is 2. The topological polar surface area (TPSA) is 123 Å². The van der Waals surface area contributed by atoms with Gasteiger partial charge in [0, 0.05) is 11.1 Å². The summed E-state index contributed by atoms with van der Waals surface area (Å²) in [6.07, 6.45) is 5.03. The molecular formula is C19H19N3O6S. The molecule has 10 heteroatoms. The van der Waals surface area contributed by atoms with E-state index in [0.29, 0.717) is 11.5 Å². The zero-order valence-corrected chi connectivity index (χ0v) is 16.5. The van der Waals surface area contributed by atoms with Gasteiger partial charge in [-0.2, -0.15) is 4.72 Å². The van der Waals surface area contributed by atoms with E-state index in [-0.39, 0.29) is 22.6 Å². The summed E-state index contributed by atoms with van der Waals surface area (Å²) in [5.74, 6) is 1.79. The second-order valence-corrected chi connectivity index (χ2v) is 7.30. The van der Waals surface area contributed by atoms with E-state index < -0.39 is 21.8 Å². The highest BCUT2D eigenvalue weighted by molar-refractivity contribution is 7.89. The summed E-state index contributed by atoms with van der Waals surface area (Å²) in [4.78, 5) is 24.3. The molecule has 2 aromatic rings. The van der Waals surface area contributed by atoms with Crippen LogP contribution in [-0.2, 0) is 10.0 Å². The molecule has 0 fully saturated rings. The molecule has 0 aliphatic carbocycles. The molecule has 0 atom stereocenters. The van der Waals surface area contributed by atoms with Crippen LogP contribution in [0.4, 0.5) is 0 Å². The van der Waals surface area contributed by atoms with Gasteiger partial charge in [0.15, 0.2) is 11.5 Å². The Morgan fingerprint density at radius 1 is 0.931 bits per heavy atom. The van der Waals surface area contributed by atoms with E-state index in [9.17, 15) is 18.0 Å². The molecule has 0 aliphatic heterocycles. The lowest BCUT2D eigenvalue weighted by molar-refractivity contribution is 0.0846. The summed E-state index contributed by atoms with van der Waals surface area (Å²) >= 11 is 0. The lowest BCUT2D eigenvalue weighted by atomic mass is 10.2. The third kappa shape index (κ3) is 5.47. The zero-order chi connectivity index (χ0) is 21.4. The van der Waals surface area contributed by atoms with Gasteiger partial charge in [-0.3, -0.25) is 20.4 Å². The third-order valence-electron chi connectivity index (χ3n) is 3.73. The van der Waals surface area contributed by atoms with Crippen molar-refractivity contribution in [1.82, 2.24) is 15.6 Å². The normalized spacial score (nSPS) is 10.5. The summed E-state index contributed by atoms with van der Waals surface area (Å²) in [5.41, 5.74) is 4.91. The van der Waals surface area contributed by atoms with E-state index in [1.54, 1.807) is 6.07 Å². The molecule has 3 N–H and O–H groups in total. The van der Waals surface area contributed by atoms with Crippen molar-refractivity contribution in [2.24, 2.45) is 0 Å². The van der Waals surface area contributed by atoms with Crippen molar-refractivity contribution in [3.8, 4) is 23.8 Å². The van der Waals surface area contributed by atoms with Crippen molar-refractivity contribution < 1.29 is 27.5 Å². The standard InChI is InChI=1S/C19H19N3O6S/c1-4-11-20-29(25,26)15-8-5-13(6-9-15)18(23)21-22-19(24)14-7-10-16(27-2)17(12-14)28-3/h1,5-10,12,20H,11H2,2-3H3,(H,21,23)(H,22,24). The highest BCUT2D eigenvalue weighted by Gasteiger charge is 2.15. The van der Waals surface area contributed by atoms with Gasteiger partial charge in [-0.1, -0.05) is 5.92 Å². The molecule has 29 heavy (non-hydrogen) atoms. The number of rotatable bonds is 7. The molecule has 0 unspecified atom stereocenters. The summed E-state index contributed by atoms with van der Waals surface area (Å²) < 4.78 is 36.4. The van der Waals surface area contributed by atoms with E-state index in [2.05, 4.69) is 21.5 Å². The quantitative estimate of drug-likeness (QED) is 0.450. The fourth-order valence-electron chi connectivity index (χ4n) is 2.24. The monoisotopic (exact) mass is 417 g/mol. The van der Waals surface area contributed by atoms with Crippen LogP contribution in [-0.4, -0.2) is 41.0 Å². The summed E-state index contributed by atoms with van der Waals surface area (Å²) in [7, 11) is -0.846. The molecule has 0 aliphatic rings. The Bertz CT molecular complexity index is 1040. The zero-order valence-electron chi connectivity index (χ0n) is 15.7. The maximum absolute atomic E-state index is 12.2. The van der Waals surface area contributed by atoms with Crippen LogP contribution in [0, 0.1) is 12.3 Å². The molecule has 0 spiro atoms. The Hall–Kier alpha value is -3.55. The van der Waals surface area contributed by atoms with E-state index in [1.807, 2.05) is 0 Å². The van der Waals surface area contributed by atoms with Crippen molar-refractivity contribution in [3.63, 3.8) is 0 Å². The first-order chi connectivity index (χ1) is 13.8. The highest BCUT2D eigenvalue weighted by atomic mass is 32.2. The Balaban J connectivity index is 2.02. The number of benzene rings is 2. The number of carbonyl (C=O) groups is 2. The van der Waals surface area contributed by atoms with Gasteiger partial charge in [0.05, 0.1) is 25.7 Å². The first kappa shape index (κ1) is 21.7. The fourth-order valence-corrected chi connectivity index (χ4v) is 3.18. The number of hydrogen-bond donors (Lipinski definition) is 3. The Morgan fingerprint density at radius 3 is 2.03 bits per heavy atom. The van der Waals surface area contributed by atoms with Crippen molar-refractivity contribution in [2.45, 2.75) is 4.90 Å². The van der Waals surface area contributed by atoms with Crippen molar-refractivity contribution >= 4 is 21.8 Å². The fraction of sp³-hybridized carbons (Fsp3) is 0.158. The molecule has 9 nitrogen and oxygen atoms in total. The van der Waals surface area contributed by atoms with Gasteiger partial charge < -0.3 is 9.47 Å². The molecule has 2 amide bonds. The number of hydrazine groups is 1. The Morgan fingerprint density at radius 2 is 1.48 bits per heavy atom. The van der Waals surface area contributed by atoms with Crippen LogP contribution in [0.2, 0.25) is 0 Å². The van der Waals surface area contributed by atoms with Gasteiger partial charge in [-0.15, -0.1) is 6.42 Å². The smallest absolute Gasteiger partial charge is 0.269 e. The second kappa shape index (κ2) is 9.59. The third-order valence-corrected chi connectivity index (χ3v) is 5.14. The number of amides is 2. The van der Waals surface area contributed by atoms with Crippen LogP contribution >= 0.6 is 0 Å². The van der Waals surface area contributed by atoms with Crippen LogP contribution in [0.25, 0.3) is 0 Å². The number of terminal acetylenes is 1. The maximum Gasteiger partial charge on any atom is 0.269 e. The predicted octanol–water partition coefficient (Wildman–Crippen LogP) is 0.690. The molecule has 0 saturated heterocycles. The lowest BCUT2D eigenvalue weighted by Gasteiger charge is -2.11. The molecular weight excluding hydrogens is 398 g/mol. The van der Waals surface area contributed by atoms with Crippen LogP contribution < -0.4 is 25.0 Å². The molecule has 0 radical (unpaired) electrons. The predicted molar refractivity (Wildman–Crippen MR) is 105 cm³/mol. The highest BCUT2D eigenvalue weighted by Crippen LogP contribution is 2.27. The first-order valence-electron chi connectivity index (χ1n) is 8.18. The van der Waals surface area contributed by atoms with E-state index in [0.717, 1.165) is 0 Å². The second-order valence-electron chi connectivity index (χ2n) is 5.53. The number of ether oxygens (including phenoxy) is 2. The molecule has 0 saturated carbocycles. The van der Waals surface area contributed by atoms with Crippen LogP contribution in [0.5, 0.6) is 11.5 Å². The number of sulfonamides is 1. The van der Waals surface area contributed by atoms with E-state index in [1.165, 1.54) is 50.6 Å². The van der Waals surface area contributed by atoms with Crippen LogP contribution in [0.1, 0.15) is 20.7 Å². The molecule has 0 bridgehead atoms. The SMILES string of the molecule is C#CCNS(=O)(=O)c1ccc(C(=O)NNC(=O)c2ccc(OC)c(OC)c2)cc1. The van der Waals surface area contributed by atoms with Crippen molar-refractivity contribution in [2.75, 3.05) is 20.8 Å². The van der Waals surface area contributed by atoms with Crippen LogP contribution in [0.15, 0.2) is 47.4 Å². The summed E-state index contributed by atoms with van der Waals surface area (Å²) in [5, 5.41) is 0. The molecule has 2 aromatic carbocycles. The van der Waals surface area contributed by atoms with E-state index >= 15 is 0 Å². The molecule has 152 valence electrons. The van der Waals surface area contributed by atoms with Crippen LogP contribution in [0.3, 0.4) is 0 Å². The largest absolute Gasteiger partial charge is 0.493 e. The lowest BCUT2D eigenvalue weighted by Crippen LogP contribution is -2.41. The minimum absolute atomic E-state index is 0.0429. The molecule has 0 heterocycles. The van der Waals surface area contributed by atoms with Gasteiger partial charge in [0.1, 0.15) is 0 Å². The molecule has 2 rings (SSSR count). The Kier molecular flexibility index (Phi) is 7.19. The number of hydrogen-bond acceptors (Lipinski definition) is 6. The van der Waals surface area contributed by atoms with Gasteiger partial charge >= 0.3 is 0 Å². The molecule has 0 aromatic heterocycles. The van der Waals surface area contributed by atoms with Crippen molar-refractivity contribution in [3.05, 3.63) is 53.6 Å². The van der Waals surface area contributed by atoms with Gasteiger partial charge in [-0.25, -0.2) is 8.42 Å². The van der Waals surface area contributed by atoms with E-state index in [4.69, 9.17) is 15.9 Å². The van der Waals surface area contributed by atoms with Crippen molar-refractivity contribution in [1.29, 1.82) is 0 Å². The maximum atomic E-state index is 12.2. The first-order valence-corrected chi connectivity index (χ1v) is 9.66. The number of methoxy groups -OCH3 is 2. The minimum atomic E-state index is -3.76. The summed E-state index contributed by atoms with van der Waals surface area (Å²) in [6, 6.07) is 9.65. The average molecular weight is 417 g/mol. The van der Waals surface area contributed by atoms with Gasteiger partial charge in [0.2, 0.25) is 10.0 Å². The summed E-state index contributed by atoms with van der Waals surface area (Å²) in [6.45, 7) is -0.146.